The van der Waals surface area contributed by atoms with Crippen LogP contribution in [0.3, 0.4) is 0 Å². The number of anilines is 1. The summed E-state index contributed by atoms with van der Waals surface area (Å²) in [5, 5.41) is 1.21. The Balaban J connectivity index is 1.64. The summed E-state index contributed by atoms with van der Waals surface area (Å²) in [4.78, 5) is 20.0. The van der Waals surface area contributed by atoms with Gasteiger partial charge in [-0.1, -0.05) is 41.1 Å². The first-order valence-corrected chi connectivity index (χ1v) is 13.1. The summed E-state index contributed by atoms with van der Waals surface area (Å²) < 4.78 is 30.0. The van der Waals surface area contributed by atoms with Crippen LogP contribution in [0, 0.1) is 6.92 Å². The molecule has 0 aliphatic carbocycles. The SMILES string of the molecule is Cc1ccc(Cl)c2sc(N(CC3CCCO3)C(=O)Cc3ccc(S(C)(=O)=O)cc3)nc12. The summed E-state index contributed by atoms with van der Waals surface area (Å²) in [6, 6.07) is 10.2. The Hall–Kier alpha value is -2.00. The molecule has 1 saturated heterocycles. The predicted molar refractivity (Wildman–Crippen MR) is 124 cm³/mol. The van der Waals surface area contributed by atoms with Crippen molar-refractivity contribution in [1.82, 2.24) is 4.98 Å². The Labute approximate surface area is 190 Å². The predicted octanol–water partition coefficient (Wildman–Crippen LogP) is 4.42. The lowest BCUT2D eigenvalue weighted by molar-refractivity contribution is -0.118. The first-order valence-electron chi connectivity index (χ1n) is 9.99. The number of benzene rings is 2. The number of sulfone groups is 1. The van der Waals surface area contributed by atoms with E-state index in [1.807, 2.05) is 19.1 Å². The summed E-state index contributed by atoms with van der Waals surface area (Å²) in [7, 11) is -3.28. The molecule has 1 amide bonds. The second-order valence-electron chi connectivity index (χ2n) is 7.77. The second-order valence-corrected chi connectivity index (χ2v) is 11.2. The maximum Gasteiger partial charge on any atom is 0.233 e. The maximum atomic E-state index is 13.3. The lowest BCUT2D eigenvalue weighted by Gasteiger charge is -2.23. The van der Waals surface area contributed by atoms with E-state index in [0.717, 1.165) is 40.4 Å². The van der Waals surface area contributed by atoms with Crippen LogP contribution in [0.25, 0.3) is 10.2 Å². The van der Waals surface area contributed by atoms with Crippen molar-refractivity contribution in [3.63, 3.8) is 0 Å². The Bertz CT molecular complexity index is 1180. The van der Waals surface area contributed by atoms with E-state index in [2.05, 4.69) is 0 Å². The van der Waals surface area contributed by atoms with E-state index in [-0.39, 0.29) is 23.3 Å². The van der Waals surface area contributed by atoms with Gasteiger partial charge in [0, 0.05) is 12.9 Å². The standard InChI is InChI=1S/C22H23ClN2O4S2/c1-14-5-10-18(23)21-20(14)24-22(30-21)25(13-16-4-3-11-29-16)19(26)12-15-6-8-17(9-7-15)31(2,27)28/h5-10,16H,3-4,11-13H2,1-2H3. The Morgan fingerprint density at radius 2 is 2.00 bits per heavy atom. The number of nitrogens with zero attached hydrogens (tertiary/aromatic N) is 2. The van der Waals surface area contributed by atoms with Crippen molar-refractivity contribution < 1.29 is 17.9 Å². The Morgan fingerprint density at radius 3 is 2.61 bits per heavy atom. The zero-order chi connectivity index (χ0) is 22.2. The average Bonchev–Trinajstić information content (AvgIpc) is 3.39. The fourth-order valence-corrected chi connectivity index (χ4v) is 5.58. The number of halogens is 1. The molecule has 4 rings (SSSR count). The van der Waals surface area contributed by atoms with Gasteiger partial charge in [0.25, 0.3) is 0 Å². The third-order valence-corrected chi connectivity index (χ3v) is 8.00. The molecule has 6 nitrogen and oxygen atoms in total. The Morgan fingerprint density at radius 1 is 1.26 bits per heavy atom. The van der Waals surface area contributed by atoms with Crippen LogP contribution >= 0.6 is 22.9 Å². The minimum Gasteiger partial charge on any atom is -0.376 e. The highest BCUT2D eigenvalue weighted by atomic mass is 35.5. The molecule has 3 aromatic rings. The average molecular weight is 479 g/mol. The molecule has 2 heterocycles. The van der Waals surface area contributed by atoms with Gasteiger partial charge in [-0.2, -0.15) is 0 Å². The van der Waals surface area contributed by atoms with Crippen molar-refractivity contribution in [2.45, 2.75) is 37.2 Å². The number of rotatable bonds is 6. The zero-order valence-corrected chi connectivity index (χ0v) is 19.7. The molecule has 1 atom stereocenters. The molecule has 1 fully saturated rings. The zero-order valence-electron chi connectivity index (χ0n) is 17.3. The highest BCUT2D eigenvalue weighted by molar-refractivity contribution is 7.90. The van der Waals surface area contributed by atoms with Crippen LogP contribution in [0.2, 0.25) is 5.02 Å². The van der Waals surface area contributed by atoms with Crippen molar-refractivity contribution >= 4 is 54.0 Å². The van der Waals surface area contributed by atoms with Gasteiger partial charge in [0.2, 0.25) is 5.91 Å². The van der Waals surface area contributed by atoms with Gasteiger partial charge in [-0.05, 0) is 49.1 Å². The van der Waals surface area contributed by atoms with E-state index in [9.17, 15) is 13.2 Å². The van der Waals surface area contributed by atoms with Gasteiger partial charge in [-0.3, -0.25) is 9.69 Å². The van der Waals surface area contributed by atoms with Crippen LogP contribution in [0.1, 0.15) is 24.0 Å². The van der Waals surface area contributed by atoms with Gasteiger partial charge < -0.3 is 4.74 Å². The molecule has 0 spiro atoms. The maximum absolute atomic E-state index is 13.3. The number of hydrogen-bond acceptors (Lipinski definition) is 6. The van der Waals surface area contributed by atoms with Crippen LogP contribution in [0.5, 0.6) is 0 Å². The summed E-state index contributed by atoms with van der Waals surface area (Å²) >= 11 is 7.77. The van der Waals surface area contributed by atoms with Crippen molar-refractivity contribution in [3.8, 4) is 0 Å². The highest BCUT2D eigenvalue weighted by Crippen LogP contribution is 2.36. The van der Waals surface area contributed by atoms with Crippen LogP contribution in [0.15, 0.2) is 41.3 Å². The van der Waals surface area contributed by atoms with Crippen molar-refractivity contribution in [1.29, 1.82) is 0 Å². The van der Waals surface area contributed by atoms with Crippen LogP contribution in [0.4, 0.5) is 5.13 Å². The van der Waals surface area contributed by atoms with Gasteiger partial charge in [0.15, 0.2) is 15.0 Å². The number of hydrogen-bond donors (Lipinski definition) is 0. The number of aryl methyl sites for hydroxylation is 1. The molecule has 164 valence electrons. The summed E-state index contributed by atoms with van der Waals surface area (Å²) in [6.45, 7) is 3.10. The number of amides is 1. The fourth-order valence-electron chi connectivity index (χ4n) is 3.61. The van der Waals surface area contributed by atoms with Crippen molar-refractivity contribution in [3.05, 3.63) is 52.5 Å². The minimum absolute atomic E-state index is 0.0276. The summed E-state index contributed by atoms with van der Waals surface area (Å²) in [5.74, 6) is -0.115. The number of carbonyl (C=O) groups excluding carboxylic acids is 1. The number of ether oxygens (including phenoxy) is 1. The highest BCUT2D eigenvalue weighted by Gasteiger charge is 2.27. The monoisotopic (exact) mass is 478 g/mol. The minimum atomic E-state index is -3.28. The van der Waals surface area contributed by atoms with Gasteiger partial charge >= 0.3 is 0 Å². The van der Waals surface area contributed by atoms with E-state index < -0.39 is 9.84 Å². The first kappa shape index (κ1) is 22.2. The van der Waals surface area contributed by atoms with Crippen LogP contribution in [-0.4, -0.2) is 44.8 Å². The van der Waals surface area contributed by atoms with E-state index in [1.54, 1.807) is 17.0 Å². The normalized spacial score (nSPS) is 16.7. The van der Waals surface area contributed by atoms with Gasteiger partial charge in [-0.25, -0.2) is 13.4 Å². The smallest absolute Gasteiger partial charge is 0.233 e. The molecule has 0 N–H and O–H groups in total. The third kappa shape index (κ3) is 4.92. The number of fused-ring (bicyclic) bond motifs is 1. The Kier molecular flexibility index (Phi) is 6.35. The molecule has 1 aromatic heterocycles. The molecule has 2 aromatic carbocycles. The molecule has 0 radical (unpaired) electrons. The summed E-state index contributed by atoms with van der Waals surface area (Å²) in [5.41, 5.74) is 2.54. The van der Waals surface area contributed by atoms with E-state index in [4.69, 9.17) is 21.3 Å². The second kappa shape index (κ2) is 8.86. The number of aromatic nitrogens is 1. The molecular weight excluding hydrogens is 456 g/mol. The van der Waals surface area contributed by atoms with Crippen molar-refractivity contribution in [2.75, 3.05) is 24.3 Å². The van der Waals surface area contributed by atoms with Gasteiger partial charge in [-0.15, -0.1) is 0 Å². The lowest BCUT2D eigenvalue weighted by atomic mass is 10.1. The molecule has 1 unspecified atom stereocenters. The van der Waals surface area contributed by atoms with Crippen molar-refractivity contribution in [2.24, 2.45) is 0 Å². The molecule has 0 saturated carbocycles. The van der Waals surface area contributed by atoms with Gasteiger partial charge in [0.05, 0.1) is 39.2 Å². The third-order valence-electron chi connectivity index (χ3n) is 5.33. The molecule has 1 aliphatic rings. The number of thiazole rings is 1. The molecule has 1 aliphatic heterocycles. The first-order chi connectivity index (χ1) is 14.7. The molecule has 31 heavy (non-hydrogen) atoms. The van der Waals surface area contributed by atoms with Gasteiger partial charge in [0.1, 0.15) is 0 Å². The lowest BCUT2D eigenvalue weighted by Crippen LogP contribution is -2.38. The van der Waals surface area contributed by atoms with E-state index in [1.165, 1.54) is 23.5 Å². The fraction of sp³-hybridized carbons (Fsp3) is 0.364. The quantitative estimate of drug-likeness (QED) is 0.524. The van der Waals surface area contributed by atoms with Crippen LogP contribution < -0.4 is 4.90 Å². The van der Waals surface area contributed by atoms with Crippen LogP contribution in [-0.2, 0) is 25.8 Å². The number of carbonyl (C=O) groups is 1. The molecule has 9 heteroatoms. The topological polar surface area (TPSA) is 76.6 Å². The molecular formula is C22H23ClN2O4S2. The summed E-state index contributed by atoms with van der Waals surface area (Å²) in [6.07, 6.45) is 3.15. The van der Waals surface area contributed by atoms with E-state index in [0.29, 0.717) is 23.3 Å². The van der Waals surface area contributed by atoms with E-state index >= 15 is 0 Å². The largest absolute Gasteiger partial charge is 0.376 e. The molecule has 0 bridgehead atoms.